The molecule has 4 amide bonds. The van der Waals surface area contributed by atoms with Crippen LogP contribution in [0.5, 0.6) is 11.6 Å². The number of benzene rings is 1. The molecule has 16 nitrogen and oxygen atoms in total. The minimum atomic E-state index is -4.29. The third-order valence-corrected chi connectivity index (χ3v) is 14.7. The standard InChI is InChI=1S/C40H51F2N7O9S/c1-38(2,3)31-35(51)49-20-29(23(13-16-43)30(49)33(50)47-40(19-24(40)32(41)42)36(52)48-59(54,55)39(4)14-15-39)57-34-26(44-25-12-11-22(56-5)18-27(25)45-34)10-8-6-7-9-21-17-28(21)58-37(53)46-31/h11-12,18,21,23-24,28-32H,6-10,13-15,17,19-20H2,1-5H3,(H,46,53)(H,47,50)(H,48,52). The van der Waals surface area contributed by atoms with Gasteiger partial charge in [-0.05, 0) is 75.3 Å². The number of nitriles is 1. The van der Waals surface area contributed by atoms with Gasteiger partial charge in [0.25, 0.3) is 5.91 Å². The van der Waals surface area contributed by atoms with Gasteiger partial charge in [-0.15, -0.1) is 0 Å². The van der Waals surface area contributed by atoms with Crippen molar-refractivity contribution in [3.8, 4) is 17.7 Å². The van der Waals surface area contributed by atoms with Crippen LogP contribution >= 0.6 is 0 Å². The third kappa shape index (κ3) is 8.46. The lowest BCUT2D eigenvalue weighted by Gasteiger charge is -2.36. The molecule has 1 aromatic carbocycles. The number of aromatic nitrogens is 2. The summed E-state index contributed by atoms with van der Waals surface area (Å²) >= 11 is 0. The van der Waals surface area contributed by atoms with Crippen LogP contribution in [-0.2, 0) is 35.6 Å². The maximum absolute atomic E-state index is 14.8. The molecule has 8 unspecified atom stereocenters. The Hall–Kier alpha value is -4.86. The summed E-state index contributed by atoms with van der Waals surface area (Å²) in [7, 11) is -2.78. The maximum atomic E-state index is 14.8. The summed E-state index contributed by atoms with van der Waals surface area (Å²) < 4.78 is 73.3. The summed E-state index contributed by atoms with van der Waals surface area (Å²) in [6.07, 6.45) is -1.38. The molecule has 3 saturated carbocycles. The topological polar surface area (TPSA) is 219 Å². The molecule has 2 aliphatic heterocycles. The quantitative estimate of drug-likeness (QED) is 0.345. The van der Waals surface area contributed by atoms with Gasteiger partial charge >= 0.3 is 6.09 Å². The Bertz CT molecular complexity index is 2180. The van der Waals surface area contributed by atoms with E-state index in [4.69, 9.17) is 24.2 Å². The number of aryl methyl sites for hydroxylation is 1. The molecule has 3 N–H and O–H groups in total. The smallest absolute Gasteiger partial charge is 0.408 e. The first-order valence-electron chi connectivity index (χ1n) is 20.1. The number of sulfonamides is 1. The van der Waals surface area contributed by atoms with Crippen molar-refractivity contribution in [3.05, 3.63) is 23.9 Å². The molecule has 1 saturated heterocycles. The molecule has 8 atom stereocenters. The number of amides is 4. The van der Waals surface area contributed by atoms with Gasteiger partial charge in [0.05, 0.1) is 41.4 Å². The van der Waals surface area contributed by atoms with Gasteiger partial charge < -0.3 is 29.7 Å². The number of hydrogen-bond acceptors (Lipinski definition) is 12. The van der Waals surface area contributed by atoms with E-state index >= 15 is 0 Å². The molecule has 5 aliphatic rings. The lowest BCUT2D eigenvalue weighted by Crippen LogP contribution is -2.61. The van der Waals surface area contributed by atoms with E-state index in [-0.39, 0.29) is 43.7 Å². The number of alkyl halides is 2. The Labute approximate surface area is 341 Å². The summed E-state index contributed by atoms with van der Waals surface area (Å²) in [5, 5.41) is 15.3. The normalized spacial score (nSPS) is 30.6. The number of nitrogens with one attached hydrogen (secondary N) is 3. The van der Waals surface area contributed by atoms with Gasteiger partial charge in [0.2, 0.25) is 34.1 Å². The van der Waals surface area contributed by atoms with Gasteiger partial charge in [0.15, 0.2) is 0 Å². The predicted octanol–water partition coefficient (Wildman–Crippen LogP) is 3.91. The maximum Gasteiger partial charge on any atom is 0.408 e. The van der Waals surface area contributed by atoms with E-state index in [1.807, 2.05) is 4.72 Å². The molecule has 3 heterocycles. The molecule has 1 aromatic heterocycles. The Morgan fingerprint density at radius 3 is 2.51 bits per heavy atom. The summed E-state index contributed by atoms with van der Waals surface area (Å²) in [6.45, 7) is 6.22. The van der Waals surface area contributed by atoms with Crippen LogP contribution in [0.3, 0.4) is 0 Å². The summed E-state index contributed by atoms with van der Waals surface area (Å²) in [4.78, 5) is 67.3. The largest absolute Gasteiger partial charge is 0.497 e. The summed E-state index contributed by atoms with van der Waals surface area (Å²) in [5.74, 6) is -5.21. The van der Waals surface area contributed by atoms with Crippen molar-refractivity contribution < 1.29 is 50.6 Å². The van der Waals surface area contributed by atoms with Crippen LogP contribution in [0, 0.1) is 34.5 Å². The molecule has 2 aromatic rings. The van der Waals surface area contributed by atoms with Crippen LogP contribution < -0.4 is 24.8 Å². The number of carbonyl (C=O) groups excluding carboxylic acids is 4. The highest BCUT2D eigenvalue weighted by Crippen LogP contribution is 2.50. The third-order valence-electron chi connectivity index (χ3n) is 12.5. The second kappa shape index (κ2) is 15.6. The molecule has 0 spiro atoms. The second-order valence-electron chi connectivity index (χ2n) is 17.9. The van der Waals surface area contributed by atoms with Crippen molar-refractivity contribution in [2.45, 2.75) is 133 Å². The van der Waals surface area contributed by atoms with Gasteiger partial charge in [-0.1, -0.05) is 33.6 Å². The van der Waals surface area contributed by atoms with Crippen LogP contribution in [0.15, 0.2) is 18.2 Å². The van der Waals surface area contributed by atoms with Crippen molar-refractivity contribution in [2.24, 2.45) is 23.2 Å². The van der Waals surface area contributed by atoms with E-state index in [9.17, 15) is 41.6 Å². The highest BCUT2D eigenvalue weighted by atomic mass is 32.2. The molecule has 2 bridgehead atoms. The molecule has 4 fully saturated rings. The average Bonchev–Trinajstić information content (AvgIpc) is 4.12. The number of ether oxygens (including phenoxy) is 3. The van der Waals surface area contributed by atoms with E-state index in [0.717, 1.165) is 24.2 Å². The highest BCUT2D eigenvalue weighted by molar-refractivity contribution is 7.91. The minimum absolute atomic E-state index is 0.110. The summed E-state index contributed by atoms with van der Waals surface area (Å²) in [5.41, 5.74) is -1.77. The number of halogens is 2. The number of nitrogens with zero attached hydrogens (tertiary/aromatic N) is 4. The number of carbonyl (C=O) groups is 4. The number of fused-ring (bicyclic) bond motifs is 5. The zero-order chi connectivity index (χ0) is 42.7. The molecular weight excluding hydrogens is 793 g/mol. The van der Waals surface area contributed by atoms with Crippen molar-refractivity contribution in [2.75, 3.05) is 13.7 Å². The van der Waals surface area contributed by atoms with Crippen molar-refractivity contribution >= 4 is 44.9 Å². The lowest BCUT2D eigenvalue weighted by atomic mass is 9.85. The second-order valence-corrected chi connectivity index (χ2v) is 20.1. The van der Waals surface area contributed by atoms with Crippen molar-refractivity contribution in [1.29, 1.82) is 5.26 Å². The van der Waals surface area contributed by atoms with Gasteiger partial charge in [0.1, 0.15) is 41.3 Å². The summed E-state index contributed by atoms with van der Waals surface area (Å²) in [6, 6.07) is 4.36. The Morgan fingerprint density at radius 1 is 1.12 bits per heavy atom. The molecule has 320 valence electrons. The number of rotatable bonds is 8. The number of hydrogen-bond donors (Lipinski definition) is 3. The van der Waals surface area contributed by atoms with Crippen LogP contribution in [0.1, 0.15) is 91.2 Å². The average molecular weight is 844 g/mol. The fourth-order valence-corrected chi connectivity index (χ4v) is 9.58. The van der Waals surface area contributed by atoms with Crippen LogP contribution in [0.25, 0.3) is 11.0 Å². The van der Waals surface area contributed by atoms with Crippen LogP contribution in [0.2, 0.25) is 0 Å². The van der Waals surface area contributed by atoms with Gasteiger partial charge in [0, 0.05) is 18.4 Å². The Balaban J connectivity index is 1.29. The van der Waals surface area contributed by atoms with Gasteiger partial charge in [-0.25, -0.2) is 32.0 Å². The van der Waals surface area contributed by atoms with E-state index in [1.165, 1.54) is 14.0 Å². The predicted molar refractivity (Wildman–Crippen MR) is 206 cm³/mol. The van der Waals surface area contributed by atoms with Crippen molar-refractivity contribution in [1.82, 2.24) is 30.2 Å². The molecular formula is C40H51F2N7O9S. The molecule has 0 radical (unpaired) electrons. The van der Waals surface area contributed by atoms with E-state index in [1.54, 1.807) is 39.0 Å². The van der Waals surface area contributed by atoms with Crippen LogP contribution in [0.4, 0.5) is 13.6 Å². The molecule has 3 aliphatic carbocycles. The van der Waals surface area contributed by atoms with E-state index in [2.05, 4.69) is 16.7 Å². The molecule has 19 heteroatoms. The van der Waals surface area contributed by atoms with E-state index < -0.39 is 92.4 Å². The fraction of sp³-hybridized carbons (Fsp3) is 0.675. The minimum Gasteiger partial charge on any atom is -0.497 e. The first-order valence-corrected chi connectivity index (χ1v) is 21.6. The Kier molecular flexibility index (Phi) is 11.2. The zero-order valence-corrected chi connectivity index (χ0v) is 34.6. The first kappa shape index (κ1) is 42.3. The first-order chi connectivity index (χ1) is 27.8. The zero-order valence-electron chi connectivity index (χ0n) is 33.8. The fourth-order valence-electron chi connectivity index (χ4n) is 8.27. The van der Waals surface area contributed by atoms with Crippen LogP contribution in [-0.4, -0.2) is 102 Å². The number of alkyl carbamates (subject to hydrolysis) is 1. The lowest BCUT2D eigenvalue weighted by molar-refractivity contribution is -0.143. The Morgan fingerprint density at radius 2 is 1.86 bits per heavy atom. The molecule has 59 heavy (non-hydrogen) atoms. The van der Waals surface area contributed by atoms with Gasteiger partial charge in [-0.3, -0.25) is 19.1 Å². The SMILES string of the molecule is COc1ccc2nc3c(nc2c1)OC1CN(C(=O)C(C(C)(C)C)NC(=O)OC2CC2CCCCC3)C(C(=O)NC2(C(=O)NS(=O)(=O)C3(C)CC3)CC2C(F)F)C1CC#N. The molecule has 7 rings (SSSR count). The van der Waals surface area contributed by atoms with E-state index in [0.29, 0.717) is 41.7 Å². The van der Waals surface area contributed by atoms with Gasteiger partial charge in [-0.2, -0.15) is 5.26 Å². The number of methoxy groups -OCH3 is 1. The monoisotopic (exact) mass is 843 g/mol. The van der Waals surface area contributed by atoms with Crippen molar-refractivity contribution in [3.63, 3.8) is 0 Å². The highest BCUT2D eigenvalue weighted by Gasteiger charge is 2.68.